The monoisotopic (exact) mass is 377 g/mol. The van der Waals surface area contributed by atoms with Crippen LogP contribution in [0.2, 0.25) is 0 Å². The zero-order valence-electron chi connectivity index (χ0n) is 15.3. The quantitative estimate of drug-likeness (QED) is 0.497. The van der Waals surface area contributed by atoms with Gasteiger partial charge in [0, 0.05) is 6.04 Å². The zero-order valence-corrected chi connectivity index (χ0v) is 15.3. The average molecular weight is 377 g/mol. The summed E-state index contributed by atoms with van der Waals surface area (Å²) in [5.41, 5.74) is 1.47. The van der Waals surface area contributed by atoms with Gasteiger partial charge in [0.25, 0.3) is 5.56 Å². The molecular formula is C18H15N7O3. The molecule has 0 bridgehead atoms. The van der Waals surface area contributed by atoms with E-state index < -0.39 is 5.97 Å². The Hall–Kier alpha value is -4.00. The molecule has 0 aliphatic carbocycles. The Morgan fingerprint density at radius 2 is 1.93 bits per heavy atom. The lowest BCUT2D eigenvalue weighted by Gasteiger charge is -2.15. The molecule has 4 rings (SSSR count). The second kappa shape index (κ2) is 6.31. The molecule has 0 unspecified atom stereocenters. The number of carbonyl (C=O) groups is 1. The maximum Gasteiger partial charge on any atom is 0.360 e. The van der Waals surface area contributed by atoms with Gasteiger partial charge in [0.05, 0.1) is 18.1 Å². The Labute approximate surface area is 158 Å². The number of fused-ring (bicyclic) bond motifs is 3. The van der Waals surface area contributed by atoms with Gasteiger partial charge in [-0.3, -0.25) is 9.20 Å². The molecule has 0 spiro atoms. The van der Waals surface area contributed by atoms with Crippen LogP contribution >= 0.6 is 0 Å². The molecule has 10 nitrogen and oxygen atoms in total. The predicted octanol–water partition coefficient (Wildman–Crippen LogP) is 1.60. The molecule has 3 heterocycles. The molecule has 0 radical (unpaired) electrons. The van der Waals surface area contributed by atoms with Crippen LogP contribution in [0.25, 0.3) is 27.9 Å². The SMILES string of the molecule is COC(=O)c1c(-c2ncn3c2c(=O)n(C(C)C)c2ccccc23)nnn1C#N. The number of nitriles is 1. The number of para-hydroxylation sites is 2. The highest BCUT2D eigenvalue weighted by Gasteiger charge is 2.27. The minimum absolute atomic E-state index is 0.0126. The summed E-state index contributed by atoms with van der Waals surface area (Å²) in [4.78, 5) is 29.8. The number of nitrogens with zero attached hydrogens (tertiary/aromatic N) is 7. The molecule has 10 heteroatoms. The Balaban J connectivity index is 2.16. The minimum Gasteiger partial charge on any atom is -0.464 e. The molecule has 0 aliphatic rings. The molecule has 0 amide bonds. The first-order valence-corrected chi connectivity index (χ1v) is 8.44. The number of imidazole rings is 1. The van der Waals surface area contributed by atoms with Gasteiger partial charge in [0.15, 0.2) is 5.69 Å². The van der Waals surface area contributed by atoms with Gasteiger partial charge in [-0.05, 0) is 26.0 Å². The topological polar surface area (TPSA) is 120 Å². The van der Waals surface area contributed by atoms with Crippen molar-refractivity contribution in [2.45, 2.75) is 19.9 Å². The van der Waals surface area contributed by atoms with E-state index in [0.717, 1.165) is 15.7 Å². The highest BCUT2D eigenvalue weighted by Crippen LogP contribution is 2.26. The van der Waals surface area contributed by atoms with Gasteiger partial charge in [0.1, 0.15) is 23.2 Å². The molecule has 140 valence electrons. The van der Waals surface area contributed by atoms with Crippen molar-refractivity contribution in [3.05, 3.63) is 46.6 Å². The number of benzene rings is 1. The van der Waals surface area contributed by atoms with E-state index in [4.69, 9.17) is 4.74 Å². The van der Waals surface area contributed by atoms with Crippen LogP contribution in [0, 0.1) is 11.5 Å². The lowest BCUT2D eigenvalue weighted by Crippen LogP contribution is -2.24. The van der Waals surface area contributed by atoms with Gasteiger partial charge in [0.2, 0.25) is 6.19 Å². The summed E-state index contributed by atoms with van der Waals surface area (Å²) in [6, 6.07) is 7.35. The van der Waals surface area contributed by atoms with Crippen LogP contribution in [-0.2, 0) is 4.74 Å². The van der Waals surface area contributed by atoms with E-state index >= 15 is 0 Å². The zero-order chi connectivity index (χ0) is 20.0. The third-order valence-electron chi connectivity index (χ3n) is 4.47. The summed E-state index contributed by atoms with van der Waals surface area (Å²) in [6.45, 7) is 3.82. The lowest BCUT2D eigenvalue weighted by molar-refractivity contribution is 0.0591. The van der Waals surface area contributed by atoms with Crippen LogP contribution in [0.1, 0.15) is 30.4 Å². The highest BCUT2D eigenvalue weighted by molar-refractivity contribution is 5.96. The smallest absolute Gasteiger partial charge is 0.360 e. The van der Waals surface area contributed by atoms with Crippen LogP contribution in [0.5, 0.6) is 0 Å². The first-order chi connectivity index (χ1) is 13.5. The summed E-state index contributed by atoms with van der Waals surface area (Å²) in [5.74, 6) is -0.798. The lowest BCUT2D eigenvalue weighted by atomic mass is 10.2. The van der Waals surface area contributed by atoms with Crippen molar-refractivity contribution in [2.24, 2.45) is 0 Å². The third kappa shape index (κ3) is 2.30. The van der Waals surface area contributed by atoms with E-state index in [0.29, 0.717) is 0 Å². The number of methoxy groups -OCH3 is 1. The first-order valence-electron chi connectivity index (χ1n) is 8.44. The number of esters is 1. The Bertz CT molecular complexity index is 1340. The number of hydrogen-bond acceptors (Lipinski definition) is 7. The summed E-state index contributed by atoms with van der Waals surface area (Å²) >= 11 is 0. The molecule has 0 saturated carbocycles. The summed E-state index contributed by atoms with van der Waals surface area (Å²) in [5, 5.41) is 16.8. The van der Waals surface area contributed by atoms with Gasteiger partial charge >= 0.3 is 5.97 Å². The van der Waals surface area contributed by atoms with Gasteiger partial charge in [-0.25, -0.2) is 9.78 Å². The van der Waals surface area contributed by atoms with Gasteiger partial charge in [-0.15, -0.1) is 9.78 Å². The number of aromatic nitrogens is 6. The molecule has 0 aliphatic heterocycles. The summed E-state index contributed by atoms with van der Waals surface area (Å²) in [6.07, 6.45) is 3.23. The Morgan fingerprint density at radius 3 is 2.57 bits per heavy atom. The fourth-order valence-electron chi connectivity index (χ4n) is 3.31. The largest absolute Gasteiger partial charge is 0.464 e. The maximum atomic E-state index is 13.3. The summed E-state index contributed by atoms with van der Waals surface area (Å²) in [7, 11) is 1.19. The molecule has 3 aromatic heterocycles. The van der Waals surface area contributed by atoms with Crippen LogP contribution in [0.15, 0.2) is 35.4 Å². The van der Waals surface area contributed by atoms with E-state index in [1.165, 1.54) is 13.4 Å². The molecule has 1 aromatic carbocycles. The molecular weight excluding hydrogens is 362 g/mol. The molecule has 4 aromatic rings. The second-order valence-electron chi connectivity index (χ2n) is 6.36. The molecule has 28 heavy (non-hydrogen) atoms. The van der Waals surface area contributed by atoms with E-state index in [1.54, 1.807) is 15.2 Å². The van der Waals surface area contributed by atoms with Crippen LogP contribution in [0.3, 0.4) is 0 Å². The number of rotatable bonds is 3. The number of carbonyl (C=O) groups excluding carboxylic acids is 1. The van der Waals surface area contributed by atoms with E-state index in [-0.39, 0.29) is 34.2 Å². The van der Waals surface area contributed by atoms with Crippen molar-refractivity contribution in [1.29, 1.82) is 5.26 Å². The van der Waals surface area contributed by atoms with Crippen LogP contribution in [-0.4, -0.2) is 42.0 Å². The fraction of sp³-hybridized carbons (Fsp3) is 0.222. The molecule has 0 saturated heterocycles. The van der Waals surface area contributed by atoms with E-state index in [1.807, 2.05) is 38.1 Å². The first kappa shape index (κ1) is 17.4. The minimum atomic E-state index is -0.798. The van der Waals surface area contributed by atoms with Crippen LogP contribution < -0.4 is 5.56 Å². The molecule has 0 N–H and O–H groups in total. The molecule has 0 fully saturated rings. The van der Waals surface area contributed by atoms with Gasteiger partial charge < -0.3 is 9.30 Å². The second-order valence-corrected chi connectivity index (χ2v) is 6.36. The van der Waals surface area contributed by atoms with Gasteiger partial charge in [-0.1, -0.05) is 17.3 Å². The highest BCUT2D eigenvalue weighted by atomic mass is 16.5. The van der Waals surface area contributed by atoms with Gasteiger partial charge in [-0.2, -0.15) is 5.26 Å². The van der Waals surface area contributed by atoms with Crippen molar-refractivity contribution in [3.8, 4) is 17.6 Å². The predicted molar refractivity (Wildman–Crippen MR) is 98.7 cm³/mol. The normalized spacial score (nSPS) is 11.2. The average Bonchev–Trinajstić information content (AvgIpc) is 3.31. The Kier molecular flexibility index (Phi) is 3.93. The Morgan fingerprint density at radius 1 is 1.21 bits per heavy atom. The van der Waals surface area contributed by atoms with Crippen molar-refractivity contribution >= 4 is 22.5 Å². The van der Waals surface area contributed by atoms with E-state index in [2.05, 4.69) is 15.3 Å². The van der Waals surface area contributed by atoms with E-state index in [9.17, 15) is 14.9 Å². The van der Waals surface area contributed by atoms with Crippen molar-refractivity contribution in [2.75, 3.05) is 7.11 Å². The number of hydrogen-bond donors (Lipinski definition) is 0. The van der Waals surface area contributed by atoms with Crippen LogP contribution in [0.4, 0.5) is 0 Å². The van der Waals surface area contributed by atoms with Crippen molar-refractivity contribution in [3.63, 3.8) is 0 Å². The van der Waals surface area contributed by atoms with Crippen molar-refractivity contribution in [1.82, 2.24) is 28.9 Å². The summed E-state index contributed by atoms with van der Waals surface area (Å²) < 4.78 is 8.79. The fourth-order valence-corrected chi connectivity index (χ4v) is 3.31. The third-order valence-corrected chi connectivity index (χ3v) is 4.47. The standard InChI is InChI=1S/C18H15N7O3/c1-10(2)25-12-7-5-4-6-11(12)23-9-20-13(15(23)17(25)26)14-16(18(27)28-3)24(8-19)22-21-14/h4-7,9-10H,1-3H3. The number of ether oxygens (including phenoxy) is 1. The maximum absolute atomic E-state index is 13.3. The van der Waals surface area contributed by atoms with Crippen molar-refractivity contribution < 1.29 is 9.53 Å². The molecule has 0 atom stereocenters.